The van der Waals surface area contributed by atoms with E-state index in [1.54, 1.807) is 6.20 Å². The van der Waals surface area contributed by atoms with Crippen LogP contribution in [0.3, 0.4) is 0 Å². The van der Waals surface area contributed by atoms with Crippen LogP contribution in [0.15, 0.2) is 18.5 Å². The molecule has 1 atom stereocenters. The normalized spacial score (nSPS) is 19.9. The molecule has 1 fully saturated rings. The number of nitrogens with one attached hydrogen (secondary N) is 1. The first-order valence-electron chi connectivity index (χ1n) is 8.30. The second-order valence-corrected chi connectivity index (χ2v) is 5.91. The number of nitrogen functional groups attached to an aromatic ring is 1. The third kappa shape index (κ3) is 3.74. The molecular formula is C17H29N3O. The summed E-state index contributed by atoms with van der Waals surface area (Å²) in [5.74, 6) is 0. The van der Waals surface area contributed by atoms with Crippen LogP contribution in [0.25, 0.3) is 0 Å². The average molecular weight is 291 g/mol. The summed E-state index contributed by atoms with van der Waals surface area (Å²) in [6.45, 7) is 5.86. The molecule has 0 spiro atoms. The topological polar surface area (TPSA) is 60.2 Å². The Morgan fingerprint density at radius 3 is 2.57 bits per heavy atom. The van der Waals surface area contributed by atoms with Gasteiger partial charge in [-0.15, -0.1) is 0 Å². The molecule has 0 bridgehead atoms. The van der Waals surface area contributed by atoms with Crippen molar-refractivity contribution in [1.29, 1.82) is 0 Å². The Kier molecular flexibility index (Phi) is 6.00. The molecule has 3 N–H and O–H groups in total. The van der Waals surface area contributed by atoms with Crippen molar-refractivity contribution in [3.8, 4) is 0 Å². The molecule has 0 radical (unpaired) electrons. The van der Waals surface area contributed by atoms with E-state index < -0.39 is 0 Å². The molecule has 1 heterocycles. The lowest BCUT2D eigenvalue weighted by Gasteiger charge is -2.41. The number of aromatic nitrogens is 1. The largest absolute Gasteiger partial charge is 0.398 e. The molecule has 0 aromatic carbocycles. The summed E-state index contributed by atoms with van der Waals surface area (Å²) in [6, 6.07) is 2.00. The van der Waals surface area contributed by atoms with Gasteiger partial charge in [0.1, 0.15) is 0 Å². The van der Waals surface area contributed by atoms with Crippen molar-refractivity contribution in [2.24, 2.45) is 0 Å². The Morgan fingerprint density at radius 1 is 1.29 bits per heavy atom. The van der Waals surface area contributed by atoms with Crippen molar-refractivity contribution in [3.05, 3.63) is 24.0 Å². The number of anilines is 1. The summed E-state index contributed by atoms with van der Waals surface area (Å²) in [4.78, 5) is 4.28. The third-order valence-electron chi connectivity index (χ3n) is 4.51. The van der Waals surface area contributed by atoms with Crippen molar-refractivity contribution in [2.75, 3.05) is 18.9 Å². The Hall–Kier alpha value is -1.13. The average Bonchev–Trinajstić information content (AvgIpc) is 2.73. The van der Waals surface area contributed by atoms with E-state index in [2.05, 4.69) is 24.1 Å². The molecule has 2 rings (SSSR count). The highest BCUT2D eigenvalue weighted by Crippen LogP contribution is 2.41. The standard InChI is InChI=1S/C17H29N3O/c1-3-20-16(14-13-19-12-9-15(14)18)17(21-4-2)10-7-5-6-8-11-17/h9,12-13,16,20H,3-8,10-11H2,1-2H3,(H2,18,19). The molecule has 0 aliphatic heterocycles. The van der Waals surface area contributed by atoms with Gasteiger partial charge < -0.3 is 15.8 Å². The fourth-order valence-electron chi connectivity index (χ4n) is 3.57. The first-order valence-corrected chi connectivity index (χ1v) is 8.30. The lowest BCUT2D eigenvalue weighted by Crippen LogP contribution is -2.46. The van der Waals surface area contributed by atoms with Crippen molar-refractivity contribution in [2.45, 2.75) is 64.0 Å². The van der Waals surface area contributed by atoms with E-state index >= 15 is 0 Å². The minimum absolute atomic E-state index is 0.120. The SMILES string of the molecule is CCNC(c1cnccc1N)C1(OCC)CCCCCC1. The van der Waals surface area contributed by atoms with Crippen LogP contribution in [0, 0.1) is 0 Å². The van der Waals surface area contributed by atoms with Gasteiger partial charge in [0.15, 0.2) is 0 Å². The van der Waals surface area contributed by atoms with Crippen LogP contribution in [0.5, 0.6) is 0 Å². The van der Waals surface area contributed by atoms with Crippen LogP contribution in [-0.4, -0.2) is 23.7 Å². The number of ether oxygens (including phenoxy) is 1. The second-order valence-electron chi connectivity index (χ2n) is 5.91. The molecule has 1 aliphatic rings. The van der Waals surface area contributed by atoms with Gasteiger partial charge in [-0.25, -0.2) is 0 Å². The Bertz CT molecular complexity index is 428. The Morgan fingerprint density at radius 2 is 2.00 bits per heavy atom. The van der Waals surface area contributed by atoms with E-state index in [9.17, 15) is 0 Å². The monoisotopic (exact) mass is 291 g/mol. The minimum Gasteiger partial charge on any atom is -0.398 e. The van der Waals surface area contributed by atoms with Gasteiger partial charge in [0.25, 0.3) is 0 Å². The van der Waals surface area contributed by atoms with Gasteiger partial charge in [0.2, 0.25) is 0 Å². The summed E-state index contributed by atoms with van der Waals surface area (Å²) < 4.78 is 6.33. The number of rotatable bonds is 6. The van der Waals surface area contributed by atoms with Gasteiger partial charge in [-0.2, -0.15) is 0 Å². The fraction of sp³-hybridized carbons (Fsp3) is 0.706. The number of likely N-dealkylation sites (N-methyl/N-ethyl adjacent to an activating group) is 1. The zero-order valence-corrected chi connectivity index (χ0v) is 13.4. The van der Waals surface area contributed by atoms with E-state index in [1.165, 1.54) is 25.7 Å². The van der Waals surface area contributed by atoms with Crippen LogP contribution in [0.4, 0.5) is 5.69 Å². The van der Waals surface area contributed by atoms with Gasteiger partial charge in [0, 0.05) is 30.3 Å². The van der Waals surface area contributed by atoms with Crippen LogP contribution < -0.4 is 11.1 Å². The predicted octanol–water partition coefficient (Wildman–Crippen LogP) is 3.44. The third-order valence-corrected chi connectivity index (χ3v) is 4.51. The molecule has 0 saturated heterocycles. The van der Waals surface area contributed by atoms with Crippen LogP contribution >= 0.6 is 0 Å². The van der Waals surface area contributed by atoms with E-state index in [4.69, 9.17) is 10.5 Å². The first kappa shape index (κ1) is 16.2. The van der Waals surface area contributed by atoms with Gasteiger partial charge in [-0.1, -0.05) is 32.6 Å². The smallest absolute Gasteiger partial charge is 0.0877 e. The van der Waals surface area contributed by atoms with E-state index in [1.807, 2.05) is 12.3 Å². The van der Waals surface area contributed by atoms with E-state index in [0.717, 1.165) is 37.2 Å². The number of nitrogens with two attached hydrogens (primary N) is 1. The summed E-state index contributed by atoms with van der Waals surface area (Å²) in [7, 11) is 0. The first-order chi connectivity index (χ1) is 10.2. The zero-order chi connectivity index (χ0) is 15.1. The lowest BCUT2D eigenvalue weighted by atomic mass is 9.82. The van der Waals surface area contributed by atoms with Crippen molar-refractivity contribution >= 4 is 5.69 Å². The van der Waals surface area contributed by atoms with Crippen LogP contribution in [0.2, 0.25) is 0 Å². The number of hydrogen-bond donors (Lipinski definition) is 2. The van der Waals surface area contributed by atoms with Gasteiger partial charge in [-0.3, -0.25) is 4.98 Å². The second kappa shape index (κ2) is 7.76. The van der Waals surface area contributed by atoms with Gasteiger partial charge in [0.05, 0.1) is 11.6 Å². The molecule has 4 nitrogen and oxygen atoms in total. The molecular weight excluding hydrogens is 262 g/mol. The molecule has 4 heteroatoms. The molecule has 1 aromatic rings. The van der Waals surface area contributed by atoms with Crippen LogP contribution in [-0.2, 0) is 4.74 Å². The van der Waals surface area contributed by atoms with Gasteiger partial charge >= 0.3 is 0 Å². The fourth-order valence-corrected chi connectivity index (χ4v) is 3.57. The molecule has 1 aliphatic carbocycles. The summed E-state index contributed by atoms with van der Waals surface area (Å²) in [6.07, 6.45) is 10.9. The quantitative estimate of drug-likeness (QED) is 0.788. The number of nitrogens with zero attached hydrogens (tertiary/aromatic N) is 1. The van der Waals surface area contributed by atoms with E-state index in [-0.39, 0.29) is 11.6 Å². The summed E-state index contributed by atoms with van der Waals surface area (Å²) in [5, 5.41) is 3.62. The molecule has 21 heavy (non-hydrogen) atoms. The molecule has 1 aromatic heterocycles. The highest BCUT2D eigenvalue weighted by molar-refractivity contribution is 5.47. The van der Waals surface area contributed by atoms with Crippen LogP contribution in [0.1, 0.15) is 64.0 Å². The van der Waals surface area contributed by atoms with Crippen molar-refractivity contribution in [1.82, 2.24) is 10.3 Å². The number of pyridine rings is 1. The Balaban J connectivity index is 2.38. The minimum atomic E-state index is -0.154. The highest BCUT2D eigenvalue weighted by atomic mass is 16.5. The molecule has 0 amide bonds. The maximum absolute atomic E-state index is 6.33. The Labute approximate surface area is 128 Å². The lowest BCUT2D eigenvalue weighted by molar-refractivity contribution is -0.0778. The maximum Gasteiger partial charge on any atom is 0.0877 e. The highest BCUT2D eigenvalue weighted by Gasteiger charge is 2.41. The molecule has 1 unspecified atom stereocenters. The van der Waals surface area contributed by atoms with Gasteiger partial charge in [-0.05, 0) is 32.4 Å². The molecule has 118 valence electrons. The summed E-state index contributed by atoms with van der Waals surface area (Å²) >= 11 is 0. The predicted molar refractivity (Wildman–Crippen MR) is 87.1 cm³/mol. The molecule has 1 saturated carbocycles. The number of hydrogen-bond acceptors (Lipinski definition) is 4. The zero-order valence-electron chi connectivity index (χ0n) is 13.4. The summed E-state index contributed by atoms with van der Waals surface area (Å²) in [5.41, 5.74) is 7.95. The van der Waals surface area contributed by atoms with Crippen molar-refractivity contribution in [3.63, 3.8) is 0 Å². The van der Waals surface area contributed by atoms with Crippen molar-refractivity contribution < 1.29 is 4.74 Å². The maximum atomic E-state index is 6.33. The van der Waals surface area contributed by atoms with E-state index in [0.29, 0.717) is 0 Å².